The summed E-state index contributed by atoms with van der Waals surface area (Å²) in [5.74, 6) is 0.543. The summed E-state index contributed by atoms with van der Waals surface area (Å²) in [6, 6.07) is 8.09. The lowest BCUT2D eigenvalue weighted by molar-refractivity contribution is 0.109. The maximum absolute atomic E-state index is 11.9. The van der Waals surface area contributed by atoms with Gasteiger partial charge in [-0.15, -0.1) is 0 Å². The summed E-state index contributed by atoms with van der Waals surface area (Å²) in [5, 5.41) is 0. The van der Waals surface area contributed by atoms with Crippen LogP contribution in [-0.4, -0.2) is 46.3 Å². The Bertz CT molecular complexity index is 689. The Kier molecular flexibility index (Phi) is 7.14. The fourth-order valence-electron chi connectivity index (χ4n) is 3.96. The lowest BCUT2D eigenvalue weighted by Crippen LogP contribution is -2.47. The average molecular weight is 381 g/mol. The van der Waals surface area contributed by atoms with Gasteiger partial charge in [0.05, 0.1) is 11.9 Å². The van der Waals surface area contributed by atoms with Gasteiger partial charge in [0, 0.05) is 13.6 Å². The van der Waals surface area contributed by atoms with E-state index in [4.69, 9.17) is 0 Å². The molecule has 148 valence electrons. The predicted molar refractivity (Wildman–Crippen MR) is 111 cm³/mol. The third-order valence-corrected chi connectivity index (χ3v) is 7.47. The van der Waals surface area contributed by atoms with Crippen molar-refractivity contribution in [3.63, 3.8) is 0 Å². The zero-order chi connectivity index (χ0) is 19.4. The Morgan fingerprint density at radius 1 is 1.27 bits per heavy atom. The van der Waals surface area contributed by atoms with Crippen LogP contribution in [0.25, 0.3) is 0 Å². The van der Waals surface area contributed by atoms with Crippen molar-refractivity contribution in [1.29, 1.82) is 0 Å². The number of sulfonamides is 1. The Morgan fingerprint density at radius 3 is 2.62 bits per heavy atom. The molecule has 1 heterocycles. The zero-order valence-electron chi connectivity index (χ0n) is 17.2. The fraction of sp³-hybridized carbons (Fsp3) is 0.714. The van der Waals surface area contributed by atoms with Crippen LogP contribution in [0.1, 0.15) is 58.4 Å². The van der Waals surface area contributed by atoms with Gasteiger partial charge < -0.3 is 4.90 Å². The van der Waals surface area contributed by atoms with Gasteiger partial charge in [-0.3, -0.25) is 4.31 Å². The van der Waals surface area contributed by atoms with Gasteiger partial charge in [-0.1, -0.05) is 52.2 Å². The largest absolute Gasteiger partial charge is 0.303 e. The van der Waals surface area contributed by atoms with Crippen molar-refractivity contribution >= 4 is 15.7 Å². The molecule has 1 aromatic carbocycles. The van der Waals surface area contributed by atoms with Crippen molar-refractivity contribution in [3.8, 4) is 0 Å². The normalized spacial score (nSPS) is 24.6. The molecule has 0 unspecified atom stereocenters. The molecular weight excluding hydrogens is 344 g/mol. The van der Waals surface area contributed by atoms with E-state index >= 15 is 0 Å². The van der Waals surface area contributed by atoms with Crippen LogP contribution in [-0.2, 0) is 15.4 Å². The molecule has 1 fully saturated rings. The zero-order valence-corrected chi connectivity index (χ0v) is 18.0. The molecule has 0 N–H and O–H groups in total. The first-order valence-corrected chi connectivity index (χ1v) is 11.8. The number of hydrogen-bond donors (Lipinski definition) is 0. The number of benzene rings is 1. The van der Waals surface area contributed by atoms with Crippen molar-refractivity contribution in [2.75, 3.05) is 37.2 Å². The van der Waals surface area contributed by atoms with Crippen LogP contribution in [0.3, 0.4) is 0 Å². The highest BCUT2D eigenvalue weighted by molar-refractivity contribution is 7.92. The lowest BCUT2D eigenvalue weighted by Gasteiger charge is -2.45. The molecule has 0 amide bonds. The summed E-state index contributed by atoms with van der Waals surface area (Å²) in [5.41, 5.74) is 2.10. The van der Waals surface area contributed by atoms with Crippen LogP contribution in [0.2, 0.25) is 0 Å². The minimum atomic E-state index is -3.24. The Hall–Kier alpha value is -1.07. The molecule has 5 heteroatoms. The molecule has 0 spiro atoms. The molecule has 1 aliphatic heterocycles. The minimum absolute atomic E-state index is 0.0915. The molecule has 2 atom stereocenters. The second kappa shape index (κ2) is 8.75. The van der Waals surface area contributed by atoms with E-state index in [-0.39, 0.29) is 5.41 Å². The van der Waals surface area contributed by atoms with E-state index in [0.29, 0.717) is 5.92 Å². The maximum atomic E-state index is 11.9. The average Bonchev–Trinajstić information content (AvgIpc) is 2.60. The van der Waals surface area contributed by atoms with Crippen LogP contribution in [0, 0.1) is 5.92 Å². The van der Waals surface area contributed by atoms with Crippen LogP contribution < -0.4 is 4.31 Å². The van der Waals surface area contributed by atoms with Crippen LogP contribution in [0.4, 0.5) is 5.69 Å². The van der Waals surface area contributed by atoms with Gasteiger partial charge in [0.1, 0.15) is 0 Å². The third-order valence-electron chi connectivity index (χ3n) is 6.26. The van der Waals surface area contributed by atoms with E-state index in [1.165, 1.54) is 48.4 Å². The molecule has 0 aliphatic carbocycles. The number of nitrogens with zero attached hydrogens (tertiary/aromatic N) is 2. The highest BCUT2D eigenvalue weighted by Crippen LogP contribution is 2.40. The van der Waals surface area contributed by atoms with Crippen molar-refractivity contribution in [2.24, 2.45) is 5.92 Å². The molecule has 1 saturated heterocycles. The summed E-state index contributed by atoms with van der Waals surface area (Å²) in [6.07, 6.45) is 7.62. The molecule has 0 aromatic heterocycles. The predicted octanol–water partition coefficient (Wildman–Crippen LogP) is 4.26. The van der Waals surface area contributed by atoms with Crippen LogP contribution in [0.5, 0.6) is 0 Å². The van der Waals surface area contributed by atoms with Gasteiger partial charge in [-0.2, -0.15) is 0 Å². The molecule has 26 heavy (non-hydrogen) atoms. The minimum Gasteiger partial charge on any atom is -0.303 e. The van der Waals surface area contributed by atoms with E-state index in [1.54, 1.807) is 7.05 Å². The first-order valence-electron chi connectivity index (χ1n) is 9.95. The summed E-state index contributed by atoms with van der Waals surface area (Å²) in [6.45, 7) is 10.4. The number of hydrogen-bond acceptors (Lipinski definition) is 3. The number of piperidine rings is 1. The number of rotatable bonds is 8. The Morgan fingerprint density at radius 2 is 2.00 bits per heavy atom. The van der Waals surface area contributed by atoms with Gasteiger partial charge in [0.25, 0.3) is 0 Å². The Balaban J connectivity index is 2.09. The van der Waals surface area contributed by atoms with Crippen LogP contribution in [0.15, 0.2) is 24.3 Å². The van der Waals surface area contributed by atoms with Crippen molar-refractivity contribution in [3.05, 3.63) is 29.8 Å². The molecular formula is C21H36N2O2S. The highest BCUT2D eigenvalue weighted by Gasteiger charge is 2.38. The van der Waals surface area contributed by atoms with Crippen LogP contribution >= 0.6 is 0 Å². The number of anilines is 1. The topological polar surface area (TPSA) is 40.6 Å². The molecule has 4 nitrogen and oxygen atoms in total. The summed E-state index contributed by atoms with van der Waals surface area (Å²) >= 11 is 0. The van der Waals surface area contributed by atoms with Gasteiger partial charge in [0.15, 0.2) is 0 Å². The van der Waals surface area contributed by atoms with E-state index in [0.717, 1.165) is 25.2 Å². The second-order valence-corrected chi connectivity index (χ2v) is 10.2. The Labute approximate surface area is 160 Å². The quantitative estimate of drug-likeness (QED) is 0.633. The van der Waals surface area contributed by atoms with E-state index in [1.807, 2.05) is 12.1 Å². The smallest absolute Gasteiger partial charge is 0.231 e. The van der Waals surface area contributed by atoms with Crippen molar-refractivity contribution < 1.29 is 8.42 Å². The highest BCUT2D eigenvalue weighted by atomic mass is 32.2. The van der Waals surface area contributed by atoms with E-state index in [9.17, 15) is 8.42 Å². The summed E-state index contributed by atoms with van der Waals surface area (Å²) < 4.78 is 25.1. The van der Waals surface area contributed by atoms with Gasteiger partial charge in [-0.25, -0.2) is 8.42 Å². The van der Waals surface area contributed by atoms with E-state index in [2.05, 4.69) is 37.8 Å². The fourth-order valence-corrected chi connectivity index (χ4v) is 4.46. The van der Waals surface area contributed by atoms with Gasteiger partial charge in [-0.05, 0) is 55.0 Å². The number of unbranched alkanes of at least 4 members (excludes halogenated alkanes) is 3. The third kappa shape index (κ3) is 5.01. The van der Waals surface area contributed by atoms with E-state index < -0.39 is 10.0 Å². The molecule has 1 aromatic rings. The van der Waals surface area contributed by atoms with Crippen molar-refractivity contribution in [2.45, 2.75) is 58.3 Å². The lowest BCUT2D eigenvalue weighted by atomic mass is 9.68. The first kappa shape index (κ1) is 21.2. The molecule has 1 aliphatic rings. The summed E-state index contributed by atoms with van der Waals surface area (Å²) in [7, 11) is -1.61. The molecule has 0 saturated carbocycles. The molecule has 0 radical (unpaired) electrons. The SMILES string of the molecule is CCCCCCN1CC[C@](C)(c2cccc(N(C)S(C)(=O)=O)c2)[C@@H](C)C1. The summed E-state index contributed by atoms with van der Waals surface area (Å²) in [4.78, 5) is 2.61. The monoisotopic (exact) mass is 380 g/mol. The maximum Gasteiger partial charge on any atom is 0.231 e. The molecule has 2 rings (SSSR count). The first-order chi connectivity index (χ1) is 12.2. The van der Waals surface area contributed by atoms with Crippen molar-refractivity contribution in [1.82, 2.24) is 4.90 Å². The second-order valence-electron chi connectivity index (χ2n) is 8.21. The van der Waals surface area contributed by atoms with Gasteiger partial charge in [0.2, 0.25) is 10.0 Å². The standard InChI is InChI=1S/C21H36N2O2S/c1-6-7-8-9-14-23-15-13-21(3,18(2)17-23)19-11-10-12-20(16-19)22(4)26(5,24)25/h10-12,16,18H,6-9,13-15,17H2,1-5H3/t18-,21-/m0/s1. The number of likely N-dealkylation sites (tertiary alicyclic amines) is 1. The molecule has 0 bridgehead atoms. The van der Waals surface area contributed by atoms with Gasteiger partial charge >= 0.3 is 0 Å².